The van der Waals surface area contributed by atoms with Crippen LogP contribution in [0.4, 0.5) is 0 Å². The molecule has 0 bridgehead atoms. The second-order valence-corrected chi connectivity index (χ2v) is 7.98. The zero-order valence-electron chi connectivity index (χ0n) is 12.5. The molecule has 2 fully saturated rings. The van der Waals surface area contributed by atoms with Gasteiger partial charge in [0.05, 0.1) is 0 Å². The minimum absolute atomic E-state index is 0. The third kappa shape index (κ3) is 5.73. The molecule has 1 atom stereocenters. The van der Waals surface area contributed by atoms with Crippen molar-refractivity contribution in [2.75, 3.05) is 18.8 Å². The molecule has 2 aliphatic rings. The number of amides is 1. The van der Waals surface area contributed by atoms with Crippen LogP contribution in [-0.4, -0.2) is 50.2 Å². The molecule has 2 rings (SSSR count). The molecule has 1 amide bonds. The number of nitrogens with zero attached hydrogens (tertiary/aromatic N) is 1. The van der Waals surface area contributed by atoms with Gasteiger partial charge in [0.15, 0.2) is 0 Å². The van der Waals surface area contributed by atoms with Gasteiger partial charge in [-0.2, -0.15) is 0 Å². The molecule has 124 valence electrons. The topological polar surface area (TPSA) is 92.5 Å². The summed E-state index contributed by atoms with van der Waals surface area (Å²) in [4.78, 5) is 13.5. The largest absolute Gasteiger partial charge is 0.340 e. The highest BCUT2D eigenvalue weighted by Crippen LogP contribution is 2.23. The Morgan fingerprint density at radius 2 is 1.86 bits per heavy atom. The average Bonchev–Trinajstić information content (AvgIpc) is 2.78. The van der Waals surface area contributed by atoms with Gasteiger partial charge in [0.25, 0.3) is 0 Å². The summed E-state index contributed by atoms with van der Waals surface area (Å²) < 4.78 is 26.8. The van der Waals surface area contributed by atoms with Crippen molar-refractivity contribution in [2.24, 2.45) is 11.7 Å². The molecule has 6 nitrogen and oxygen atoms in total. The van der Waals surface area contributed by atoms with Crippen LogP contribution < -0.4 is 10.5 Å². The predicted molar refractivity (Wildman–Crippen MR) is 84.8 cm³/mol. The van der Waals surface area contributed by atoms with Crippen molar-refractivity contribution >= 4 is 28.3 Å². The van der Waals surface area contributed by atoms with Crippen LogP contribution in [0.5, 0.6) is 0 Å². The zero-order chi connectivity index (χ0) is 14.8. The van der Waals surface area contributed by atoms with Crippen molar-refractivity contribution in [2.45, 2.75) is 51.1 Å². The summed E-state index contributed by atoms with van der Waals surface area (Å²) in [6.07, 6.45) is 4.57. The van der Waals surface area contributed by atoms with Crippen molar-refractivity contribution in [1.29, 1.82) is 0 Å². The van der Waals surface area contributed by atoms with Crippen molar-refractivity contribution in [3.05, 3.63) is 0 Å². The SMILES string of the molecule is CC1CCC(NS(=O)(=O)CC(=O)N2CC[C@@H](N)C2)CC1.Cl. The first kappa shape index (κ1) is 18.7. The van der Waals surface area contributed by atoms with Gasteiger partial charge in [0.1, 0.15) is 5.75 Å². The molecule has 3 N–H and O–H groups in total. The van der Waals surface area contributed by atoms with Gasteiger partial charge in [-0.1, -0.05) is 6.92 Å². The highest BCUT2D eigenvalue weighted by atomic mass is 35.5. The lowest BCUT2D eigenvalue weighted by Gasteiger charge is -2.27. The Balaban J connectivity index is 0.00000220. The molecular weight excluding hydrogens is 314 g/mol. The minimum atomic E-state index is -3.53. The summed E-state index contributed by atoms with van der Waals surface area (Å²) in [5.74, 6) is -0.121. The van der Waals surface area contributed by atoms with Crippen molar-refractivity contribution < 1.29 is 13.2 Å². The molecule has 21 heavy (non-hydrogen) atoms. The molecule has 0 aromatic heterocycles. The summed E-state index contributed by atoms with van der Waals surface area (Å²) in [7, 11) is -3.53. The van der Waals surface area contributed by atoms with Crippen LogP contribution in [0.25, 0.3) is 0 Å². The van der Waals surface area contributed by atoms with E-state index in [2.05, 4.69) is 11.6 Å². The van der Waals surface area contributed by atoms with E-state index in [1.807, 2.05) is 0 Å². The Morgan fingerprint density at radius 1 is 1.24 bits per heavy atom. The lowest BCUT2D eigenvalue weighted by atomic mass is 9.88. The second-order valence-electron chi connectivity index (χ2n) is 6.22. The molecule has 1 aliphatic heterocycles. The fourth-order valence-electron chi connectivity index (χ4n) is 2.94. The van der Waals surface area contributed by atoms with Gasteiger partial charge in [-0.3, -0.25) is 4.79 Å². The maximum atomic E-state index is 12.0. The predicted octanol–water partition coefficient (Wildman–Crippen LogP) is 0.466. The highest BCUT2D eigenvalue weighted by Gasteiger charge is 2.29. The van der Waals surface area contributed by atoms with Gasteiger partial charge in [-0.15, -0.1) is 12.4 Å². The summed E-state index contributed by atoms with van der Waals surface area (Å²) in [5, 5.41) is 0. The van der Waals surface area contributed by atoms with E-state index >= 15 is 0 Å². The number of hydrogen-bond acceptors (Lipinski definition) is 4. The van der Waals surface area contributed by atoms with E-state index < -0.39 is 15.8 Å². The van der Waals surface area contributed by atoms with E-state index in [0.29, 0.717) is 19.0 Å². The number of nitrogens with one attached hydrogen (secondary N) is 1. The van der Waals surface area contributed by atoms with Crippen molar-refractivity contribution in [3.63, 3.8) is 0 Å². The summed E-state index contributed by atoms with van der Waals surface area (Å²) in [6, 6.07) is -0.0284. The van der Waals surface area contributed by atoms with Gasteiger partial charge < -0.3 is 10.6 Å². The number of carbonyl (C=O) groups is 1. The molecule has 1 saturated carbocycles. The zero-order valence-corrected chi connectivity index (χ0v) is 14.1. The van der Waals surface area contributed by atoms with Gasteiger partial charge in [-0.25, -0.2) is 13.1 Å². The first-order valence-electron chi connectivity index (χ1n) is 7.39. The Hall–Kier alpha value is -0.370. The van der Waals surface area contributed by atoms with Crippen LogP contribution >= 0.6 is 12.4 Å². The summed E-state index contributed by atoms with van der Waals surface area (Å²) in [6.45, 7) is 3.22. The van der Waals surface area contributed by atoms with Crippen molar-refractivity contribution in [3.8, 4) is 0 Å². The summed E-state index contributed by atoms with van der Waals surface area (Å²) in [5.41, 5.74) is 5.73. The lowest BCUT2D eigenvalue weighted by Crippen LogP contribution is -2.43. The maximum Gasteiger partial charge on any atom is 0.239 e. The first-order valence-corrected chi connectivity index (χ1v) is 9.04. The maximum absolute atomic E-state index is 12.0. The molecule has 0 aromatic carbocycles. The van der Waals surface area contributed by atoms with Crippen LogP contribution in [0, 0.1) is 5.92 Å². The van der Waals surface area contributed by atoms with Gasteiger partial charge in [0, 0.05) is 25.2 Å². The number of nitrogens with two attached hydrogens (primary N) is 1. The fraction of sp³-hybridized carbons (Fsp3) is 0.923. The standard InChI is InChI=1S/C13H25N3O3S.ClH/c1-10-2-4-12(5-3-10)15-20(18,19)9-13(17)16-7-6-11(14)8-16;/h10-12,15H,2-9,14H2,1H3;1H/t10?,11-,12?;/m1./s1. The summed E-state index contributed by atoms with van der Waals surface area (Å²) >= 11 is 0. The van der Waals surface area contributed by atoms with E-state index in [4.69, 9.17) is 5.73 Å². The smallest absolute Gasteiger partial charge is 0.239 e. The van der Waals surface area contributed by atoms with Crippen LogP contribution in [-0.2, 0) is 14.8 Å². The normalized spacial score (nSPS) is 30.0. The first-order chi connectivity index (χ1) is 9.35. The fourth-order valence-corrected chi connectivity index (χ4v) is 4.28. The van der Waals surface area contributed by atoms with Crippen LogP contribution in [0.3, 0.4) is 0 Å². The quantitative estimate of drug-likeness (QED) is 0.778. The van der Waals surface area contributed by atoms with E-state index in [1.165, 1.54) is 0 Å². The molecule has 1 saturated heterocycles. The molecule has 8 heteroatoms. The number of rotatable bonds is 4. The number of sulfonamides is 1. The molecule has 1 heterocycles. The van der Waals surface area contributed by atoms with Gasteiger partial charge in [-0.05, 0) is 38.0 Å². The number of carbonyl (C=O) groups excluding carboxylic acids is 1. The second kappa shape index (κ2) is 7.76. The Labute approximate surface area is 133 Å². The van der Waals surface area contributed by atoms with Crippen LogP contribution in [0.2, 0.25) is 0 Å². The minimum Gasteiger partial charge on any atom is -0.340 e. The highest BCUT2D eigenvalue weighted by molar-refractivity contribution is 7.90. The molecule has 1 aliphatic carbocycles. The van der Waals surface area contributed by atoms with E-state index in [0.717, 1.165) is 32.1 Å². The molecule has 0 unspecified atom stereocenters. The molecule has 0 radical (unpaired) electrons. The lowest BCUT2D eigenvalue weighted by molar-refractivity contribution is -0.127. The third-order valence-corrected chi connectivity index (χ3v) is 5.57. The van der Waals surface area contributed by atoms with E-state index in [1.54, 1.807) is 4.90 Å². The molecular formula is C13H26ClN3O3S. The molecule has 0 spiro atoms. The Morgan fingerprint density at radius 3 is 2.38 bits per heavy atom. The van der Waals surface area contributed by atoms with E-state index in [-0.39, 0.29) is 30.4 Å². The van der Waals surface area contributed by atoms with E-state index in [9.17, 15) is 13.2 Å². The number of likely N-dealkylation sites (tertiary alicyclic amines) is 1. The Bertz CT molecular complexity index is 450. The average molecular weight is 340 g/mol. The van der Waals surface area contributed by atoms with Crippen molar-refractivity contribution in [1.82, 2.24) is 9.62 Å². The van der Waals surface area contributed by atoms with Gasteiger partial charge >= 0.3 is 0 Å². The van der Waals surface area contributed by atoms with Crippen LogP contribution in [0.1, 0.15) is 39.0 Å². The number of halogens is 1. The van der Waals surface area contributed by atoms with Gasteiger partial charge in [0.2, 0.25) is 15.9 Å². The number of hydrogen-bond donors (Lipinski definition) is 2. The van der Waals surface area contributed by atoms with Crippen LogP contribution in [0.15, 0.2) is 0 Å². The monoisotopic (exact) mass is 339 g/mol. The Kier molecular flexibility index (Phi) is 6.90. The third-order valence-electron chi connectivity index (χ3n) is 4.25. The molecule has 0 aromatic rings.